The molecule has 0 aromatic heterocycles. The second kappa shape index (κ2) is 7.81. The van der Waals surface area contributed by atoms with Crippen molar-refractivity contribution in [2.45, 2.75) is 31.3 Å². The molecule has 2 atom stereocenters. The first-order valence-electron chi connectivity index (χ1n) is 6.55. The predicted molar refractivity (Wildman–Crippen MR) is 69.6 cm³/mol. The topological polar surface area (TPSA) is 136 Å². The van der Waals surface area contributed by atoms with E-state index in [0.29, 0.717) is 12.8 Å². The number of carbonyl (C=O) groups excluding carboxylic acids is 3. The molecule has 1 rings (SSSR count). The van der Waals surface area contributed by atoms with E-state index in [4.69, 9.17) is 10.3 Å². The number of aliphatic carboxylic acids is 1. The fourth-order valence-electron chi connectivity index (χ4n) is 2.30. The molecule has 4 N–H and O–H groups in total. The van der Waals surface area contributed by atoms with E-state index < -0.39 is 41.9 Å². The van der Waals surface area contributed by atoms with Gasteiger partial charge in [0.05, 0.1) is 19.0 Å². The Balaban J connectivity index is 2.80. The molecule has 1 aliphatic heterocycles. The number of carboxylic acids is 1. The average molecular weight is 301 g/mol. The Morgan fingerprint density at radius 3 is 2.52 bits per heavy atom. The Morgan fingerprint density at radius 1 is 1.33 bits per heavy atom. The van der Waals surface area contributed by atoms with E-state index in [1.165, 1.54) is 7.05 Å². The van der Waals surface area contributed by atoms with Gasteiger partial charge >= 0.3 is 5.97 Å². The quantitative estimate of drug-likeness (QED) is 0.303. The number of rotatable bonds is 8. The second-order valence-corrected chi connectivity index (χ2v) is 4.79. The van der Waals surface area contributed by atoms with Crippen LogP contribution in [0.15, 0.2) is 0 Å². The van der Waals surface area contributed by atoms with Gasteiger partial charge in [-0.15, -0.1) is 0 Å². The molecule has 21 heavy (non-hydrogen) atoms. The summed E-state index contributed by atoms with van der Waals surface area (Å²) >= 11 is 0. The van der Waals surface area contributed by atoms with E-state index in [-0.39, 0.29) is 13.1 Å². The minimum Gasteiger partial charge on any atom is -0.481 e. The van der Waals surface area contributed by atoms with Gasteiger partial charge in [-0.2, -0.15) is 5.48 Å². The molecule has 118 valence electrons. The first-order chi connectivity index (χ1) is 9.92. The summed E-state index contributed by atoms with van der Waals surface area (Å²) in [4.78, 5) is 47.6. The third-order valence-electron chi connectivity index (χ3n) is 3.28. The lowest BCUT2D eigenvalue weighted by Gasteiger charge is -2.26. The van der Waals surface area contributed by atoms with Gasteiger partial charge < -0.3 is 20.5 Å². The number of carboxylic acid groups (broad SMARTS) is 1. The summed E-state index contributed by atoms with van der Waals surface area (Å²) in [5.41, 5.74) is 1.64. The maximum absolute atomic E-state index is 12.2. The van der Waals surface area contributed by atoms with Gasteiger partial charge in [0, 0.05) is 6.54 Å². The lowest BCUT2D eigenvalue weighted by atomic mass is 10.1. The Kier molecular flexibility index (Phi) is 6.40. The van der Waals surface area contributed by atoms with Crippen LogP contribution in [0.25, 0.3) is 0 Å². The maximum Gasteiger partial charge on any atom is 0.305 e. The molecule has 1 aliphatic rings. The number of likely N-dealkylation sites (tertiary alicyclic amines) is 1. The highest BCUT2D eigenvalue weighted by atomic mass is 16.5. The van der Waals surface area contributed by atoms with Gasteiger partial charge in [0.1, 0.15) is 6.04 Å². The largest absolute Gasteiger partial charge is 0.481 e. The van der Waals surface area contributed by atoms with Gasteiger partial charge in [-0.1, -0.05) is 0 Å². The highest BCUT2D eigenvalue weighted by Crippen LogP contribution is 2.20. The molecule has 0 aromatic carbocycles. The monoisotopic (exact) mass is 301 g/mol. The number of ketones is 2. The molecule has 0 aromatic rings. The van der Waals surface area contributed by atoms with Gasteiger partial charge in [0.15, 0.2) is 0 Å². The minimum atomic E-state index is -1.34. The zero-order valence-corrected chi connectivity index (χ0v) is 11.7. The first-order valence-corrected chi connectivity index (χ1v) is 6.55. The predicted octanol–water partition coefficient (Wildman–Crippen LogP) is -1.84. The lowest BCUT2D eigenvalue weighted by Crippen LogP contribution is -2.52. The van der Waals surface area contributed by atoms with E-state index >= 15 is 0 Å². The smallest absolute Gasteiger partial charge is 0.305 e. The van der Waals surface area contributed by atoms with E-state index in [0.717, 1.165) is 4.90 Å². The summed E-state index contributed by atoms with van der Waals surface area (Å²) in [5.74, 6) is -3.27. The Labute approximate surface area is 121 Å². The van der Waals surface area contributed by atoms with Crippen molar-refractivity contribution in [3.63, 3.8) is 0 Å². The van der Waals surface area contributed by atoms with Crippen LogP contribution in [0.5, 0.6) is 0 Å². The van der Waals surface area contributed by atoms with Crippen molar-refractivity contribution in [3.8, 4) is 0 Å². The standard InChI is InChI=1S/C12H19N3O6/c1-13-6-9(16)11(19)8-3-2-4-15(8)12(20)7(14-21)5-10(17)18/h7-8,13-14,21H,2-6H2,1H3,(H,17,18)/t7-,8-/m0/s1. The van der Waals surface area contributed by atoms with Crippen molar-refractivity contribution < 1.29 is 29.5 Å². The highest BCUT2D eigenvalue weighted by molar-refractivity contribution is 6.40. The van der Waals surface area contributed by atoms with Crippen LogP contribution >= 0.6 is 0 Å². The molecule has 1 heterocycles. The van der Waals surface area contributed by atoms with E-state index in [2.05, 4.69) is 5.32 Å². The number of hydroxylamine groups is 1. The fraction of sp³-hybridized carbons (Fsp3) is 0.667. The molecular weight excluding hydrogens is 282 g/mol. The van der Waals surface area contributed by atoms with E-state index in [9.17, 15) is 19.2 Å². The third-order valence-corrected chi connectivity index (χ3v) is 3.28. The molecule has 0 unspecified atom stereocenters. The number of amides is 1. The van der Waals surface area contributed by atoms with Gasteiger partial charge in [-0.3, -0.25) is 19.2 Å². The van der Waals surface area contributed by atoms with Crippen molar-refractivity contribution >= 4 is 23.4 Å². The molecule has 1 saturated heterocycles. The number of hydrogen-bond donors (Lipinski definition) is 4. The summed E-state index contributed by atoms with van der Waals surface area (Å²) in [6, 6.07) is -2.22. The SMILES string of the molecule is CNCC(=O)C(=O)[C@@H]1CCCN1C(=O)[C@H](CC(=O)O)NO. The fourth-order valence-corrected chi connectivity index (χ4v) is 2.30. The normalized spacial score (nSPS) is 19.3. The third kappa shape index (κ3) is 4.31. The van der Waals surface area contributed by atoms with Crippen molar-refractivity contribution in [3.05, 3.63) is 0 Å². The van der Waals surface area contributed by atoms with Crippen LogP contribution in [0.2, 0.25) is 0 Å². The average Bonchev–Trinajstić information content (AvgIpc) is 2.92. The van der Waals surface area contributed by atoms with Crippen LogP contribution in [-0.2, 0) is 19.2 Å². The number of nitrogens with zero attached hydrogens (tertiary/aromatic N) is 1. The lowest BCUT2D eigenvalue weighted by molar-refractivity contribution is -0.148. The molecular formula is C12H19N3O6. The summed E-state index contributed by atoms with van der Waals surface area (Å²) < 4.78 is 0. The molecule has 1 fully saturated rings. The number of hydrogen-bond acceptors (Lipinski definition) is 7. The van der Waals surface area contributed by atoms with Gasteiger partial charge in [-0.25, -0.2) is 0 Å². The zero-order valence-electron chi connectivity index (χ0n) is 11.7. The molecule has 9 nitrogen and oxygen atoms in total. The summed E-state index contributed by atoms with van der Waals surface area (Å²) in [7, 11) is 1.53. The van der Waals surface area contributed by atoms with Crippen LogP contribution in [-0.4, -0.2) is 70.9 Å². The summed E-state index contributed by atoms with van der Waals surface area (Å²) in [6.07, 6.45) is 0.280. The van der Waals surface area contributed by atoms with Crippen molar-refractivity contribution in [2.24, 2.45) is 0 Å². The molecule has 0 saturated carbocycles. The zero-order chi connectivity index (χ0) is 16.0. The Bertz CT molecular complexity index is 439. The first kappa shape index (κ1) is 17.2. The highest BCUT2D eigenvalue weighted by Gasteiger charge is 2.39. The number of likely N-dealkylation sites (N-methyl/N-ethyl adjacent to an activating group) is 1. The number of Topliss-reactive ketones (excluding diaryl/α,β-unsaturated/α-hetero) is 2. The van der Waals surface area contributed by atoms with E-state index in [1.807, 2.05) is 0 Å². The molecule has 1 amide bonds. The minimum absolute atomic E-state index is 0.117. The molecule has 0 radical (unpaired) electrons. The maximum atomic E-state index is 12.2. The Hall–Kier alpha value is -1.84. The van der Waals surface area contributed by atoms with Crippen molar-refractivity contribution in [1.29, 1.82) is 0 Å². The van der Waals surface area contributed by atoms with Gasteiger partial charge in [-0.05, 0) is 19.9 Å². The van der Waals surface area contributed by atoms with Crippen LogP contribution in [0.1, 0.15) is 19.3 Å². The molecule has 0 bridgehead atoms. The van der Waals surface area contributed by atoms with Crippen LogP contribution in [0.4, 0.5) is 0 Å². The molecule has 0 spiro atoms. The molecule has 9 heteroatoms. The summed E-state index contributed by atoms with van der Waals surface area (Å²) in [6.45, 7) is 0.133. The van der Waals surface area contributed by atoms with Crippen molar-refractivity contribution in [2.75, 3.05) is 20.1 Å². The van der Waals surface area contributed by atoms with Gasteiger partial charge in [0.2, 0.25) is 17.5 Å². The summed E-state index contributed by atoms with van der Waals surface area (Å²) in [5, 5.41) is 20.2. The van der Waals surface area contributed by atoms with E-state index in [1.54, 1.807) is 5.48 Å². The Morgan fingerprint density at radius 2 is 2.00 bits per heavy atom. The van der Waals surface area contributed by atoms with Crippen LogP contribution < -0.4 is 10.8 Å². The number of carbonyl (C=O) groups is 4. The van der Waals surface area contributed by atoms with Crippen LogP contribution in [0.3, 0.4) is 0 Å². The van der Waals surface area contributed by atoms with Crippen molar-refractivity contribution in [1.82, 2.24) is 15.7 Å². The van der Waals surface area contributed by atoms with Gasteiger partial charge in [0.25, 0.3) is 0 Å². The molecule has 0 aliphatic carbocycles. The number of nitrogens with one attached hydrogen (secondary N) is 2. The second-order valence-electron chi connectivity index (χ2n) is 4.79. The van der Waals surface area contributed by atoms with Crippen LogP contribution in [0, 0.1) is 0 Å².